The number of benzene rings is 1. The molecular weight excluding hydrogens is 332 g/mol. The lowest BCUT2D eigenvalue weighted by atomic mass is 10.2. The summed E-state index contributed by atoms with van der Waals surface area (Å²) >= 11 is 4.89. The molecule has 19 heavy (non-hydrogen) atoms. The molecule has 2 N–H and O–H groups in total. The number of carboxylic acids is 1. The first-order valence-electron chi connectivity index (χ1n) is 5.49. The number of carboxylic acid groups (broad SMARTS) is 1. The molecule has 1 rings (SSSR count). The molecule has 0 heterocycles. The predicted molar refractivity (Wildman–Crippen MR) is 81.1 cm³/mol. The molecule has 0 aromatic heterocycles. The minimum atomic E-state index is -1.07. The van der Waals surface area contributed by atoms with Crippen LogP contribution in [0.15, 0.2) is 22.7 Å². The zero-order valence-electron chi connectivity index (χ0n) is 10.6. The number of urea groups is 1. The maximum Gasteiger partial charge on any atom is 0.337 e. The highest BCUT2D eigenvalue weighted by molar-refractivity contribution is 9.10. The van der Waals surface area contributed by atoms with Crippen molar-refractivity contribution in [3.63, 3.8) is 0 Å². The van der Waals surface area contributed by atoms with Crippen LogP contribution in [0.4, 0.5) is 10.5 Å². The minimum Gasteiger partial charge on any atom is -0.478 e. The van der Waals surface area contributed by atoms with E-state index in [-0.39, 0.29) is 17.3 Å². The lowest BCUT2D eigenvalue weighted by molar-refractivity contribution is 0.0698. The van der Waals surface area contributed by atoms with Gasteiger partial charge < -0.3 is 15.3 Å². The third kappa shape index (κ3) is 4.76. The second-order valence-electron chi connectivity index (χ2n) is 3.84. The van der Waals surface area contributed by atoms with Crippen LogP contribution in [0.5, 0.6) is 0 Å². The number of nitrogens with zero attached hydrogens (tertiary/aromatic N) is 1. The summed E-state index contributed by atoms with van der Waals surface area (Å²) in [4.78, 5) is 24.5. The van der Waals surface area contributed by atoms with E-state index < -0.39 is 5.97 Å². The Balaban J connectivity index is 2.83. The van der Waals surface area contributed by atoms with Gasteiger partial charge in [-0.2, -0.15) is 11.8 Å². The van der Waals surface area contributed by atoms with Gasteiger partial charge in [0, 0.05) is 23.8 Å². The maximum absolute atomic E-state index is 11.9. The van der Waals surface area contributed by atoms with Crippen molar-refractivity contribution in [2.45, 2.75) is 0 Å². The molecule has 0 bridgehead atoms. The summed E-state index contributed by atoms with van der Waals surface area (Å²) in [6.07, 6.45) is 1.96. The van der Waals surface area contributed by atoms with Gasteiger partial charge in [-0.1, -0.05) is 15.9 Å². The summed E-state index contributed by atoms with van der Waals surface area (Å²) in [5.41, 5.74) is 0.345. The van der Waals surface area contributed by atoms with E-state index in [1.54, 1.807) is 30.9 Å². The second-order valence-corrected chi connectivity index (χ2v) is 5.74. The van der Waals surface area contributed by atoms with E-state index >= 15 is 0 Å². The van der Waals surface area contributed by atoms with E-state index in [2.05, 4.69) is 21.2 Å². The number of aromatic carboxylic acids is 1. The highest BCUT2D eigenvalue weighted by atomic mass is 79.9. The van der Waals surface area contributed by atoms with Crippen LogP contribution in [0.1, 0.15) is 10.4 Å². The van der Waals surface area contributed by atoms with Crippen molar-refractivity contribution in [3.8, 4) is 0 Å². The Labute approximate surface area is 124 Å². The van der Waals surface area contributed by atoms with Crippen molar-refractivity contribution in [3.05, 3.63) is 28.2 Å². The zero-order chi connectivity index (χ0) is 14.4. The fraction of sp³-hybridized carbons (Fsp3) is 0.333. The molecule has 2 amide bonds. The average Bonchev–Trinajstić information content (AvgIpc) is 2.35. The third-order valence-corrected chi connectivity index (χ3v) is 3.52. The number of amides is 2. The second kappa shape index (κ2) is 7.40. The van der Waals surface area contributed by atoms with Crippen LogP contribution in [-0.4, -0.2) is 47.6 Å². The van der Waals surface area contributed by atoms with Crippen molar-refractivity contribution in [1.82, 2.24) is 4.90 Å². The molecule has 0 aliphatic carbocycles. The largest absolute Gasteiger partial charge is 0.478 e. The number of thioether (sulfide) groups is 1. The number of halogens is 1. The summed E-state index contributed by atoms with van der Waals surface area (Å²) in [5, 5.41) is 11.7. The third-order valence-electron chi connectivity index (χ3n) is 2.43. The van der Waals surface area contributed by atoms with Crippen molar-refractivity contribution in [2.24, 2.45) is 0 Å². The highest BCUT2D eigenvalue weighted by Gasteiger charge is 2.15. The van der Waals surface area contributed by atoms with Gasteiger partial charge in [-0.15, -0.1) is 0 Å². The predicted octanol–water partition coefficient (Wildman–Crippen LogP) is 2.97. The van der Waals surface area contributed by atoms with Crippen molar-refractivity contribution >= 4 is 45.4 Å². The molecule has 5 nitrogen and oxygen atoms in total. The lowest BCUT2D eigenvalue weighted by Crippen LogP contribution is -2.33. The molecule has 0 fully saturated rings. The van der Waals surface area contributed by atoms with E-state index in [1.165, 1.54) is 11.0 Å². The topological polar surface area (TPSA) is 69.6 Å². The van der Waals surface area contributed by atoms with Gasteiger partial charge >= 0.3 is 12.0 Å². The van der Waals surface area contributed by atoms with E-state index in [4.69, 9.17) is 5.11 Å². The molecule has 0 spiro atoms. The molecule has 104 valence electrons. The lowest BCUT2D eigenvalue weighted by Gasteiger charge is -2.18. The van der Waals surface area contributed by atoms with Crippen molar-refractivity contribution < 1.29 is 14.7 Å². The van der Waals surface area contributed by atoms with Gasteiger partial charge in [-0.05, 0) is 24.5 Å². The van der Waals surface area contributed by atoms with Crippen molar-refractivity contribution in [2.75, 3.05) is 30.9 Å². The summed E-state index contributed by atoms with van der Waals surface area (Å²) in [6.45, 7) is 0.601. The van der Waals surface area contributed by atoms with E-state index in [9.17, 15) is 9.59 Å². The number of hydrogen-bond acceptors (Lipinski definition) is 3. The van der Waals surface area contributed by atoms with Crippen LogP contribution in [0, 0.1) is 0 Å². The van der Waals surface area contributed by atoms with Gasteiger partial charge in [0.1, 0.15) is 0 Å². The van der Waals surface area contributed by atoms with Gasteiger partial charge in [0.05, 0.1) is 11.3 Å². The van der Waals surface area contributed by atoms with Gasteiger partial charge in [0.25, 0.3) is 0 Å². The minimum absolute atomic E-state index is 0.0646. The summed E-state index contributed by atoms with van der Waals surface area (Å²) in [7, 11) is 1.67. The number of carbonyl (C=O) groups is 2. The van der Waals surface area contributed by atoms with Gasteiger partial charge in [-0.25, -0.2) is 9.59 Å². The molecule has 0 atom stereocenters. The fourth-order valence-electron chi connectivity index (χ4n) is 1.35. The molecule has 0 unspecified atom stereocenters. The Kier molecular flexibility index (Phi) is 6.17. The van der Waals surface area contributed by atoms with E-state index in [1.807, 2.05) is 6.26 Å². The van der Waals surface area contributed by atoms with Crippen LogP contribution in [0.3, 0.4) is 0 Å². The summed E-state index contributed by atoms with van der Waals surface area (Å²) in [5.74, 6) is -0.247. The fourth-order valence-corrected chi connectivity index (χ4v) is 2.16. The van der Waals surface area contributed by atoms with Crippen LogP contribution in [0.25, 0.3) is 0 Å². The molecule has 0 aliphatic heterocycles. The molecule has 0 saturated heterocycles. The van der Waals surface area contributed by atoms with E-state index in [0.717, 1.165) is 5.75 Å². The number of hydrogen-bond donors (Lipinski definition) is 2. The Bertz CT molecular complexity index is 482. The molecule has 1 aromatic rings. The summed E-state index contributed by atoms with van der Waals surface area (Å²) in [6, 6.07) is 4.32. The van der Waals surface area contributed by atoms with Gasteiger partial charge in [-0.3, -0.25) is 0 Å². The summed E-state index contributed by atoms with van der Waals surface area (Å²) < 4.78 is 0.708. The Morgan fingerprint density at radius 1 is 1.47 bits per heavy atom. The van der Waals surface area contributed by atoms with Crippen molar-refractivity contribution in [1.29, 1.82) is 0 Å². The number of nitrogens with one attached hydrogen (secondary N) is 1. The average molecular weight is 347 g/mol. The smallest absolute Gasteiger partial charge is 0.337 e. The molecule has 1 aromatic carbocycles. The maximum atomic E-state index is 11.9. The molecule has 7 heteroatoms. The quantitative estimate of drug-likeness (QED) is 0.859. The molecule has 0 aliphatic rings. The first kappa shape index (κ1) is 15.8. The van der Waals surface area contributed by atoms with Gasteiger partial charge in [0.15, 0.2) is 0 Å². The Hall–Kier alpha value is -1.21. The molecule has 0 saturated carbocycles. The monoisotopic (exact) mass is 346 g/mol. The SMILES string of the molecule is CSCCN(C)C(=O)Nc1cc(Br)ccc1C(=O)O. The molecule has 0 radical (unpaired) electrons. The first-order valence-corrected chi connectivity index (χ1v) is 7.68. The normalized spacial score (nSPS) is 10.1. The van der Waals surface area contributed by atoms with Crippen LogP contribution in [0.2, 0.25) is 0 Å². The molecular formula is C12H15BrN2O3S. The Morgan fingerprint density at radius 2 is 2.16 bits per heavy atom. The first-order chi connectivity index (χ1) is 8.95. The Morgan fingerprint density at radius 3 is 2.74 bits per heavy atom. The standard InChI is InChI=1S/C12H15BrN2O3S/c1-15(5-6-19-2)12(18)14-10-7-8(13)3-4-9(10)11(16)17/h3-4,7H,5-6H2,1-2H3,(H,14,18)(H,16,17). The van der Waals surface area contributed by atoms with Crippen LogP contribution in [-0.2, 0) is 0 Å². The van der Waals surface area contributed by atoms with Gasteiger partial charge in [0.2, 0.25) is 0 Å². The van der Waals surface area contributed by atoms with E-state index in [0.29, 0.717) is 11.0 Å². The van der Waals surface area contributed by atoms with Crippen LogP contribution < -0.4 is 5.32 Å². The zero-order valence-corrected chi connectivity index (χ0v) is 13.0. The highest BCUT2D eigenvalue weighted by Crippen LogP contribution is 2.21. The number of carbonyl (C=O) groups excluding carboxylic acids is 1. The number of rotatable bonds is 5. The van der Waals surface area contributed by atoms with Crippen LogP contribution >= 0.6 is 27.7 Å². The number of anilines is 1.